The van der Waals surface area contributed by atoms with Crippen molar-refractivity contribution in [2.45, 2.75) is 6.42 Å². The Bertz CT molecular complexity index is 900. The molecule has 24 heavy (non-hydrogen) atoms. The molecule has 1 aliphatic heterocycles. The van der Waals surface area contributed by atoms with Crippen molar-refractivity contribution in [1.82, 2.24) is 4.98 Å². The standard InChI is InChI=1S/C18H15N3O2S/c19-17(23)12-9-16(22)21(10-12)13-7-5-11(6-8-13)18-20-14-3-1-2-4-15(14)24-18/h1-8,12H,9-10H2,(H2,19,23)/t12-/m0/s1. The zero-order valence-corrected chi connectivity index (χ0v) is 13.6. The average Bonchev–Trinajstić information content (AvgIpc) is 3.18. The summed E-state index contributed by atoms with van der Waals surface area (Å²) in [4.78, 5) is 29.6. The van der Waals surface area contributed by atoms with Crippen LogP contribution in [0.15, 0.2) is 48.5 Å². The van der Waals surface area contributed by atoms with Crippen LogP contribution in [0.1, 0.15) is 6.42 Å². The molecule has 2 amide bonds. The normalized spacial score (nSPS) is 17.6. The lowest BCUT2D eigenvalue weighted by atomic mass is 10.1. The first-order chi connectivity index (χ1) is 11.6. The Hall–Kier alpha value is -2.73. The Morgan fingerprint density at radius 1 is 1.17 bits per heavy atom. The zero-order valence-electron chi connectivity index (χ0n) is 12.8. The number of primary amides is 1. The van der Waals surface area contributed by atoms with Crippen molar-refractivity contribution < 1.29 is 9.59 Å². The largest absolute Gasteiger partial charge is 0.369 e. The number of carbonyl (C=O) groups is 2. The Morgan fingerprint density at radius 2 is 1.92 bits per heavy atom. The van der Waals surface area contributed by atoms with E-state index in [0.29, 0.717) is 6.54 Å². The van der Waals surface area contributed by atoms with Gasteiger partial charge in [0.2, 0.25) is 11.8 Å². The van der Waals surface area contributed by atoms with Gasteiger partial charge in [0.25, 0.3) is 0 Å². The molecule has 0 saturated carbocycles. The molecule has 120 valence electrons. The second-order valence-corrected chi connectivity index (χ2v) is 6.87. The Balaban J connectivity index is 1.61. The number of fused-ring (bicyclic) bond motifs is 1. The van der Waals surface area contributed by atoms with Crippen molar-refractivity contribution in [3.05, 3.63) is 48.5 Å². The molecule has 5 nitrogen and oxygen atoms in total. The van der Waals surface area contributed by atoms with Crippen LogP contribution >= 0.6 is 11.3 Å². The summed E-state index contributed by atoms with van der Waals surface area (Å²) in [6.45, 7) is 0.356. The van der Waals surface area contributed by atoms with Gasteiger partial charge < -0.3 is 10.6 Å². The first-order valence-electron chi connectivity index (χ1n) is 7.67. The van der Waals surface area contributed by atoms with Gasteiger partial charge in [-0.3, -0.25) is 9.59 Å². The molecule has 0 bridgehead atoms. The van der Waals surface area contributed by atoms with Crippen molar-refractivity contribution in [1.29, 1.82) is 0 Å². The fraction of sp³-hybridized carbons (Fsp3) is 0.167. The van der Waals surface area contributed by atoms with Gasteiger partial charge >= 0.3 is 0 Å². The van der Waals surface area contributed by atoms with E-state index >= 15 is 0 Å². The van der Waals surface area contributed by atoms with Gasteiger partial charge in [-0.1, -0.05) is 12.1 Å². The number of anilines is 1. The summed E-state index contributed by atoms with van der Waals surface area (Å²) in [5.74, 6) is -0.884. The maximum absolute atomic E-state index is 12.1. The van der Waals surface area contributed by atoms with E-state index in [1.54, 1.807) is 16.2 Å². The Morgan fingerprint density at radius 3 is 2.58 bits per heavy atom. The highest BCUT2D eigenvalue weighted by Gasteiger charge is 2.33. The highest BCUT2D eigenvalue weighted by atomic mass is 32.1. The van der Waals surface area contributed by atoms with E-state index in [1.807, 2.05) is 42.5 Å². The maximum Gasteiger partial charge on any atom is 0.227 e. The van der Waals surface area contributed by atoms with Crippen LogP contribution in [0, 0.1) is 5.92 Å². The number of hydrogen-bond acceptors (Lipinski definition) is 4. The van der Waals surface area contributed by atoms with Crippen LogP contribution in [-0.4, -0.2) is 23.3 Å². The van der Waals surface area contributed by atoms with Crippen molar-refractivity contribution in [2.75, 3.05) is 11.4 Å². The quantitative estimate of drug-likeness (QED) is 0.798. The number of carbonyl (C=O) groups excluding carboxylic acids is 2. The lowest BCUT2D eigenvalue weighted by molar-refractivity contribution is -0.123. The van der Waals surface area contributed by atoms with Gasteiger partial charge in [0.15, 0.2) is 0 Å². The molecule has 1 atom stereocenters. The van der Waals surface area contributed by atoms with Crippen LogP contribution in [0.5, 0.6) is 0 Å². The molecule has 0 aliphatic carbocycles. The molecule has 0 unspecified atom stereocenters. The number of amides is 2. The van der Waals surface area contributed by atoms with Gasteiger partial charge in [-0.05, 0) is 36.4 Å². The molecule has 2 N–H and O–H groups in total. The highest BCUT2D eigenvalue weighted by Crippen LogP contribution is 2.32. The molecule has 3 aromatic rings. The van der Waals surface area contributed by atoms with Crippen molar-refractivity contribution in [3.8, 4) is 10.6 Å². The number of rotatable bonds is 3. The smallest absolute Gasteiger partial charge is 0.227 e. The Kier molecular flexibility index (Phi) is 3.54. The van der Waals surface area contributed by atoms with Gasteiger partial charge in [0, 0.05) is 24.2 Å². The van der Waals surface area contributed by atoms with E-state index in [1.165, 1.54) is 0 Å². The fourth-order valence-electron chi connectivity index (χ4n) is 2.93. The molecule has 2 heterocycles. The second-order valence-electron chi connectivity index (χ2n) is 5.84. The van der Waals surface area contributed by atoms with Crippen LogP contribution in [0.4, 0.5) is 5.69 Å². The average molecular weight is 337 g/mol. The van der Waals surface area contributed by atoms with E-state index in [-0.39, 0.29) is 12.3 Å². The van der Waals surface area contributed by atoms with Crippen LogP contribution in [0.3, 0.4) is 0 Å². The van der Waals surface area contributed by atoms with Gasteiger partial charge in [0.1, 0.15) is 5.01 Å². The predicted octanol–water partition coefficient (Wildman–Crippen LogP) is 2.80. The molecule has 0 spiro atoms. The number of thiazole rings is 1. The molecular weight excluding hydrogens is 322 g/mol. The minimum absolute atomic E-state index is 0.0634. The first-order valence-corrected chi connectivity index (χ1v) is 8.49. The number of benzene rings is 2. The van der Waals surface area contributed by atoms with E-state index in [9.17, 15) is 9.59 Å². The third kappa shape index (κ3) is 2.55. The van der Waals surface area contributed by atoms with Gasteiger partial charge in [-0.15, -0.1) is 11.3 Å². The topological polar surface area (TPSA) is 76.3 Å². The predicted molar refractivity (Wildman–Crippen MR) is 94.7 cm³/mol. The zero-order chi connectivity index (χ0) is 16.7. The number of nitrogens with two attached hydrogens (primary N) is 1. The maximum atomic E-state index is 12.1. The summed E-state index contributed by atoms with van der Waals surface area (Å²) < 4.78 is 1.15. The molecule has 1 aliphatic rings. The van der Waals surface area contributed by atoms with Crippen molar-refractivity contribution in [2.24, 2.45) is 11.7 Å². The van der Waals surface area contributed by atoms with E-state index in [2.05, 4.69) is 11.1 Å². The number of hydrogen-bond donors (Lipinski definition) is 1. The van der Waals surface area contributed by atoms with Crippen molar-refractivity contribution >= 4 is 39.1 Å². The third-order valence-electron chi connectivity index (χ3n) is 4.25. The highest BCUT2D eigenvalue weighted by molar-refractivity contribution is 7.21. The lowest BCUT2D eigenvalue weighted by Crippen LogP contribution is -2.28. The summed E-state index contributed by atoms with van der Waals surface area (Å²) in [7, 11) is 0. The lowest BCUT2D eigenvalue weighted by Gasteiger charge is -2.16. The molecule has 6 heteroatoms. The van der Waals surface area contributed by atoms with Crippen LogP contribution < -0.4 is 10.6 Å². The van der Waals surface area contributed by atoms with Crippen LogP contribution in [-0.2, 0) is 9.59 Å². The summed E-state index contributed by atoms with van der Waals surface area (Å²) in [5.41, 5.74) is 8.10. The molecule has 0 radical (unpaired) electrons. The monoisotopic (exact) mass is 337 g/mol. The number of nitrogens with zero attached hydrogens (tertiary/aromatic N) is 2. The second kappa shape index (κ2) is 5.72. The number of para-hydroxylation sites is 1. The van der Waals surface area contributed by atoms with E-state index < -0.39 is 11.8 Å². The summed E-state index contributed by atoms with van der Waals surface area (Å²) in [5, 5.41) is 0.950. The molecule has 1 saturated heterocycles. The van der Waals surface area contributed by atoms with Gasteiger partial charge in [-0.25, -0.2) is 4.98 Å². The SMILES string of the molecule is NC(=O)[C@H]1CC(=O)N(c2ccc(-c3nc4ccccc4s3)cc2)C1. The molecular formula is C18H15N3O2S. The minimum Gasteiger partial charge on any atom is -0.369 e. The molecule has 2 aromatic carbocycles. The first kappa shape index (κ1) is 14.8. The third-order valence-corrected chi connectivity index (χ3v) is 5.33. The summed E-state index contributed by atoms with van der Waals surface area (Å²) >= 11 is 1.64. The molecule has 4 rings (SSSR count). The van der Waals surface area contributed by atoms with Crippen LogP contribution in [0.25, 0.3) is 20.8 Å². The summed E-state index contributed by atoms with van der Waals surface area (Å²) in [6, 6.07) is 15.7. The fourth-order valence-corrected chi connectivity index (χ4v) is 3.90. The van der Waals surface area contributed by atoms with Gasteiger partial charge in [-0.2, -0.15) is 0 Å². The van der Waals surface area contributed by atoms with E-state index in [0.717, 1.165) is 26.5 Å². The van der Waals surface area contributed by atoms with Crippen LogP contribution in [0.2, 0.25) is 0 Å². The molecule has 1 aromatic heterocycles. The molecule has 1 fully saturated rings. The minimum atomic E-state index is -0.419. The summed E-state index contributed by atoms with van der Waals surface area (Å²) in [6.07, 6.45) is 0.189. The Labute approximate surface area is 142 Å². The number of aromatic nitrogens is 1. The van der Waals surface area contributed by atoms with E-state index in [4.69, 9.17) is 5.73 Å². The van der Waals surface area contributed by atoms with Crippen molar-refractivity contribution in [3.63, 3.8) is 0 Å². The van der Waals surface area contributed by atoms with Gasteiger partial charge in [0.05, 0.1) is 16.1 Å².